The second-order valence-electron chi connectivity index (χ2n) is 9.61. The Morgan fingerprint density at radius 2 is 1.69 bits per heavy atom. The normalized spacial score (nSPS) is 31.7. The van der Waals surface area contributed by atoms with E-state index in [0.717, 1.165) is 6.42 Å². The summed E-state index contributed by atoms with van der Waals surface area (Å²) in [5.74, 6) is -2.10. The van der Waals surface area contributed by atoms with Crippen molar-refractivity contribution in [3.05, 3.63) is 0 Å². The summed E-state index contributed by atoms with van der Waals surface area (Å²) in [6, 6.07) is -3.36. The van der Waals surface area contributed by atoms with E-state index in [0.29, 0.717) is 32.4 Å². The van der Waals surface area contributed by atoms with Crippen LogP contribution >= 0.6 is 0 Å². The molecular formula is C24H38N4O7. The number of esters is 1. The zero-order valence-corrected chi connectivity index (χ0v) is 21.2. The molecule has 0 aromatic carbocycles. The molecule has 0 aromatic rings. The fourth-order valence-electron chi connectivity index (χ4n) is 4.90. The minimum atomic E-state index is -0.914. The molecule has 11 nitrogen and oxygen atoms in total. The summed E-state index contributed by atoms with van der Waals surface area (Å²) in [6.45, 7) is 8.12. The van der Waals surface area contributed by atoms with Gasteiger partial charge >= 0.3 is 5.97 Å². The van der Waals surface area contributed by atoms with Crippen LogP contribution in [-0.4, -0.2) is 107 Å². The Morgan fingerprint density at radius 1 is 0.971 bits per heavy atom. The first-order chi connectivity index (χ1) is 16.6. The fourth-order valence-corrected chi connectivity index (χ4v) is 4.90. The van der Waals surface area contributed by atoms with Crippen LogP contribution in [0.2, 0.25) is 0 Å². The Morgan fingerprint density at radius 3 is 2.40 bits per heavy atom. The van der Waals surface area contributed by atoms with Crippen LogP contribution in [0.3, 0.4) is 0 Å². The summed E-state index contributed by atoms with van der Waals surface area (Å²) in [5, 5.41) is 2.70. The SMILES string of the molecule is CCCCN1C(=O)CC(C)OC(=O)C2CCCN2C(=O)C(C)NC(=O)C2COCCN2C(=O)C1C. The second kappa shape index (κ2) is 11.8. The van der Waals surface area contributed by atoms with Crippen molar-refractivity contribution in [2.75, 3.05) is 32.8 Å². The molecule has 0 bridgehead atoms. The number of rotatable bonds is 3. The van der Waals surface area contributed by atoms with Gasteiger partial charge in [0.2, 0.25) is 23.6 Å². The molecule has 35 heavy (non-hydrogen) atoms. The second-order valence-corrected chi connectivity index (χ2v) is 9.61. The van der Waals surface area contributed by atoms with Crippen molar-refractivity contribution in [3.63, 3.8) is 0 Å². The fraction of sp³-hybridized carbons (Fsp3) is 0.792. The lowest BCUT2D eigenvalue weighted by atomic mass is 10.1. The van der Waals surface area contributed by atoms with Crippen molar-refractivity contribution in [1.29, 1.82) is 0 Å². The van der Waals surface area contributed by atoms with Gasteiger partial charge in [0.1, 0.15) is 30.3 Å². The Kier molecular flexibility index (Phi) is 9.09. The van der Waals surface area contributed by atoms with Gasteiger partial charge in [-0.3, -0.25) is 19.2 Å². The van der Waals surface area contributed by atoms with E-state index in [9.17, 15) is 24.0 Å². The van der Waals surface area contributed by atoms with Crippen molar-refractivity contribution in [1.82, 2.24) is 20.0 Å². The van der Waals surface area contributed by atoms with E-state index >= 15 is 0 Å². The molecule has 0 saturated carbocycles. The van der Waals surface area contributed by atoms with Gasteiger partial charge in [-0.25, -0.2) is 4.79 Å². The van der Waals surface area contributed by atoms with E-state index in [4.69, 9.17) is 9.47 Å². The summed E-state index contributed by atoms with van der Waals surface area (Å²) >= 11 is 0. The molecular weight excluding hydrogens is 456 g/mol. The molecule has 3 aliphatic rings. The van der Waals surface area contributed by atoms with Crippen LogP contribution in [0, 0.1) is 0 Å². The molecule has 5 unspecified atom stereocenters. The topological polar surface area (TPSA) is 126 Å². The predicted octanol–water partition coefficient (Wildman–Crippen LogP) is 0.0621. The molecule has 1 N–H and O–H groups in total. The molecule has 4 amide bonds. The Balaban J connectivity index is 1.93. The van der Waals surface area contributed by atoms with E-state index in [1.54, 1.807) is 20.8 Å². The number of hydrogen-bond donors (Lipinski definition) is 1. The summed E-state index contributed by atoms with van der Waals surface area (Å²) in [5.41, 5.74) is 0. The number of amides is 4. The van der Waals surface area contributed by atoms with Crippen molar-refractivity contribution in [3.8, 4) is 0 Å². The lowest BCUT2D eigenvalue weighted by Crippen LogP contribution is -2.62. The molecule has 5 atom stereocenters. The van der Waals surface area contributed by atoms with Gasteiger partial charge in [-0.05, 0) is 40.0 Å². The highest BCUT2D eigenvalue weighted by Gasteiger charge is 2.41. The number of nitrogens with one attached hydrogen (secondary N) is 1. The standard InChI is InChI=1S/C24H38N4O7/c1-5-6-9-26-17(4)23(32)28-11-12-34-14-19(28)21(30)25-16(3)22(31)27-10-7-8-18(27)24(33)35-15(2)13-20(26)29/h15-19H,5-14H2,1-4H3,(H,25,30). The van der Waals surface area contributed by atoms with Gasteiger partial charge in [0.15, 0.2) is 0 Å². The van der Waals surface area contributed by atoms with Crippen LogP contribution in [0.1, 0.15) is 59.8 Å². The quantitative estimate of drug-likeness (QED) is 0.550. The zero-order chi connectivity index (χ0) is 25.7. The average Bonchev–Trinajstić information content (AvgIpc) is 3.32. The lowest BCUT2D eigenvalue weighted by molar-refractivity contribution is -0.162. The maximum absolute atomic E-state index is 13.5. The van der Waals surface area contributed by atoms with Gasteiger partial charge in [-0.1, -0.05) is 13.3 Å². The summed E-state index contributed by atoms with van der Waals surface area (Å²) < 4.78 is 11.0. The van der Waals surface area contributed by atoms with E-state index < -0.39 is 42.1 Å². The van der Waals surface area contributed by atoms with E-state index in [1.165, 1.54) is 14.7 Å². The van der Waals surface area contributed by atoms with Crippen LogP contribution in [0.5, 0.6) is 0 Å². The van der Waals surface area contributed by atoms with Crippen LogP contribution in [-0.2, 0) is 33.4 Å². The average molecular weight is 495 g/mol. The van der Waals surface area contributed by atoms with Gasteiger partial charge < -0.3 is 29.5 Å². The van der Waals surface area contributed by atoms with E-state index in [2.05, 4.69) is 5.32 Å². The van der Waals surface area contributed by atoms with Crippen LogP contribution < -0.4 is 5.32 Å². The van der Waals surface area contributed by atoms with Gasteiger partial charge in [0, 0.05) is 19.6 Å². The number of carbonyl (C=O) groups is 5. The number of fused-ring (bicyclic) bond motifs is 2. The smallest absolute Gasteiger partial charge is 0.329 e. The molecule has 3 rings (SSSR count). The molecule has 3 aliphatic heterocycles. The number of morpholine rings is 1. The highest BCUT2D eigenvalue weighted by atomic mass is 16.5. The van der Waals surface area contributed by atoms with Crippen molar-refractivity contribution in [2.24, 2.45) is 0 Å². The number of nitrogens with zero attached hydrogens (tertiary/aromatic N) is 3. The number of unbranched alkanes of at least 4 members (excludes halogenated alkanes) is 1. The largest absolute Gasteiger partial charge is 0.461 e. The molecule has 0 aliphatic carbocycles. The molecule has 196 valence electrons. The highest BCUT2D eigenvalue weighted by molar-refractivity contribution is 5.95. The number of hydrogen-bond acceptors (Lipinski definition) is 7. The molecule has 3 heterocycles. The molecule has 0 aromatic heterocycles. The summed E-state index contributed by atoms with van der Waals surface area (Å²) in [7, 11) is 0. The maximum atomic E-state index is 13.5. The molecule has 3 fully saturated rings. The monoisotopic (exact) mass is 494 g/mol. The zero-order valence-electron chi connectivity index (χ0n) is 21.2. The Hall–Kier alpha value is -2.69. The van der Waals surface area contributed by atoms with Crippen LogP contribution in [0.15, 0.2) is 0 Å². The van der Waals surface area contributed by atoms with Gasteiger partial charge in [-0.15, -0.1) is 0 Å². The van der Waals surface area contributed by atoms with Crippen molar-refractivity contribution in [2.45, 2.75) is 90.1 Å². The molecule has 0 spiro atoms. The first-order valence-electron chi connectivity index (χ1n) is 12.6. The number of ether oxygens (including phenoxy) is 2. The van der Waals surface area contributed by atoms with Crippen molar-refractivity contribution >= 4 is 29.6 Å². The van der Waals surface area contributed by atoms with Gasteiger partial charge in [-0.2, -0.15) is 0 Å². The first-order valence-corrected chi connectivity index (χ1v) is 12.6. The lowest BCUT2D eigenvalue weighted by Gasteiger charge is -2.39. The van der Waals surface area contributed by atoms with Gasteiger partial charge in [0.25, 0.3) is 0 Å². The highest BCUT2D eigenvalue weighted by Crippen LogP contribution is 2.22. The molecule has 3 saturated heterocycles. The number of carbonyl (C=O) groups excluding carboxylic acids is 5. The minimum absolute atomic E-state index is 0.00378. The van der Waals surface area contributed by atoms with E-state index in [1.807, 2.05) is 6.92 Å². The summed E-state index contributed by atoms with van der Waals surface area (Å²) in [6.07, 6.45) is 1.87. The maximum Gasteiger partial charge on any atom is 0.329 e. The third-order valence-electron chi connectivity index (χ3n) is 6.93. The number of cyclic esters (lactones) is 1. The first kappa shape index (κ1) is 26.9. The van der Waals surface area contributed by atoms with E-state index in [-0.39, 0.29) is 43.9 Å². The van der Waals surface area contributed by atoms with Crippen molar-refractivity contribution < 1.29 is 33.4 Å². The molecule has 0 radical (unpaired) electrons. The Bertz CT molecular complexity index is 835. The molecule has 11 heteroatoms. The van der Waals surface area contributed by atoms with Crippen LogP contribution in [0.25, 0.3) is 0 Å². The minimum Gasteiger partial charge on any atom is -0.461 e. The predicted molar refractivity (Wildman–Crippen MR) is 125 cm³/mol. The third kappa shape index (κ3) is 6.12. The van der Waals surface area contributed by atoms with Crippen LogP contribution in [0.4, 0.5) is 0 Å². The summed E-state index contributed by atoms with van der Waals surface area (Å²) in [4.78, 5) is 70.2. The third-order valence-corrected chi connectivity index (χ3v) is 6.93. The van der Waals surface area contributed by atoms with Gasteiger partial charge in [0.05, 0.1) is 19.6 Å². The Labute approximate surface area is 206 Å².